The van der Waals surface area contributed by atoms with Gasteiger partial charge >= 0.3 is 5.97 Å². The predicted molar refractivity (Wildman–Crippen MR) is 134 cm³/mol. The summed E-state index contributed by atoms with van der Waals surface area (Å²) in [4.78, 5) is 13.9. The summed E-state index contributed by atoms with van der Waals surface area (Å²) in [6.07, 6.45) is 9.97. The quantitative estimate of drug-likeness (QED) is 0.386. The maximum Gasteiger partial charge on any atom is 0.316 e. The molecule has 1 spiro atoms. The molecule has 0 bridgehead atoms. The van der Waals surface area contributed by atoms with Crippen LogP contribution in [-0.4, -0.2) is 34.0 Å². The van der Waals surface area contributed by atoms with Crippen molar-refractivity contribution < 1.29 is 19.7 Å². The lowest BCUT2D eigenvalue weighted by atomic mass is 9.40. The molecule has 2 N–H and O–H groups in total. The number of hydrogen-bond donors (Lipinski definition) is 2. The molecule has 1 unspecified atom stereocenters. The molecule has 1 saturated heterocycles. The number of ether oxygens (including phenoxy) is 1. The Balaban J connectivity index is 1.55. The van der Waals surface area contributed by atoms with E-state index in [1.165, 1.54) is 5.57 Å². The summed E-state index contributed by atoms with van der Waals surface area (Å²) in [6.45, 7) is 15.8. The van der Waals surface area contributed by atoms with Crippen LogP contribution in [0.25, 0.3) is 0 Å². The van der Waals surface area contributed by atoms with Gasteiger partial charge in [-0.2, -0.15) is 0 Å². The van der Waals surface area contributed by atoms with Crippen molar-refractivity contribution in [3.8, 4) is 0 Å². The largest absolute Gasteiger partial charge is 0.459 e. The van der Waals surface area contributed by atoms with Crippen LogP contribution in [-0.2, 0) is 9.53 Å². The zero-order chi connectivity index (χ0) is 24.9. The molecular weight excluding hydrogens is 424 g/mol. The Morgan fingerprint density at radius 3 is 2.38 bits per heavy atom. The molecule has 9 atom stereocenters. The second-order valence-corrected chi connectivity index (χ2v) is 14.4. The van der Waals surface area contributed by atoms with Gasteiger partial charge in [0.2, 0.25) is 0 Å². The third kappa shape index (κ3) is 2.88. The van der Waals surface area contributed by atoms with Gasteiger partial charge in [-0.1, -0.05) is 59.6 Å². The highest BCUT2D eigenvalue weighted by Gasteiger charge is 2.78. The standard InChI is InChI=1S/C30H48O4/c1-18(2)9-8-14-29(7)22-12-16-28(6)19-10-11-21-26(3,4)23(31)13-15-27(21,5)20(19)17-24(32)30(22,28)25(33)34-29/h17-19,21-24,31-32H,8-16H2,1-7H3/t19-,21+,22-,23+,24-,27-,28+,29+,30?/m1/s1. The van der Waals surface area contributed by atoms with Crippen molar-refractivity contribution in [2.75, 3.05) is 0 Å². The average molecular weight is 473 g/mol. The minimum Gasteiger partial charge on any atom is -0.459 e. The van der Waals surface area contributed by atoms with E-state index >= 15 is 0 Å². The second-order valence-electron chi connectivity index (χ2n) is 14.4. The zero-order valence-electron chi connectivity index (χ0n) is 22.6. The second kappa shape index (κ2) is 7.57. The fourth-order valence-electron chi connectivity index (χ4n) is 10.2. The van der Waals surface area contributed by atoms with E-state index in [1.54, 1.807) is 0 Å². The average Bonchev–Trinajstić information content (AvgIpc) is 3.19. The summed E-state index contributed by atoms with van der Waals surface area (Å²) in [6, 6.07) is 0. The van der Waals surface area contributed by atoms with E-state index in [9.17, 15) is 15.0 Å². The SMILES string of the molecule is CC(C)CCC[C@]1(C)OC(=O)C23[C@H](O)C=C4[C@@H](CC[C@H]5C(C)(C)[C@@H](O)CC[C@]45C)[C@]2(C)CC[C@@H]31. The molecule has 192 valence electrons. The Bertz CT molecular complexity index is 890. The summed E-state index contributed by atoms with van der Waals surface area (Å²) in [5.41, 5.74) is -0.361. The van der Waals surface area contributed by atoms with Crippen LogP contribution in [0, 0.1) is 45.3 Å². The Labute approximate surface area is 206 Å². The van der Waals surface area contributed by atoms with Gasteiger partial charge in [0.25, 0.3) is 0 Å². The Kier molecular flexibility index (Phi) is 5.52. The molecule has 4 aliphatic carbocycles. The van der Waals surface area contributed by atoms with Crippen molar-refractivity contribution in [3.05, 3.63) is 11.6 Å². The van der Waals surface area contributed by atoms with E-state index in [4.69, 9.17) is 4.74 Å². The maximum absolute atomic E-state index is 13.9. The van der Waals surface area contributed by atoms with Gasteiger partial charge in [0.05, 0.1) is 12.2 Å². The fraction of sp³-hybridized carbons (Fsp3) is 0.900. The number of aliphatic hydroxyl groups excluding tert-OH is 2. The number of rotatable bonds is 4. The number of carbonyl (C=O) groups is 1. The van der Waals surface area contributed by atoms with Crippen LogP contribution >= 0.6 is 0 Å². The summed E-state index contributed by atoms with van der Waals surface area (Å²) >= 11 is 0. The van der Waals surface area contributed by atoms with Crippen LogP contribution in [0.5, 0.6) is 0 Å². The van der Waals surface area contributed by atoms with Crippen molar-refractivity contribution in [2.45, 2.75) is 124 Å². The first-order chi connectivity index (χ1) is 15.7. The molecule has 0 amide bonds. The van der Waals surface area contributed by atoms with Crippen LogP contribution in [0.4, 0.5) is 0 Å². The monoisotopic (exact) mass is 472 g/mol. The van der Waals surface area contributed by atoms with Crippen LogP contribution in [0.3, 0.4) is 0 Å². The Morgan fingerprint density at radius 1 is 1.00 bits per heavy atom. The Hall–Kier alpha value is -0.870. The number of esters is 1. The number of allylic oxidation sites excluding steroid dienone is 1. The fourth-order valence-corrected chi connectivity index (χ4v) is 10.2. The number of hydrogen-bond acceptors (Lipinski definition) is 4. The van der Waals surface area contributed by atoms with Crippen molar-refractivity contribution in [3.63, 3.8) is 0 Å². The van der Waals surface area contributed by atoms with Crippen molar-refractivity contribution in [2.24, 2.45) is 45.3 Å². The van der Waals surface area contributed by atoms with Gasteiger partial charge in [0, 0.05) is 5.92 Å². The first-order valence-electron chi connectivity index (χ1n) is 14.1. The minimum absolute atomic E-state index is 0.0294. The molecule has 34 heavy (non-hydrogen) atoms. The van der Waals surface area contributed by atoms with E-state index in [-0.39, 0.29) is 34.2 Å². The highest BCUT2D eigenvalue weighted by atomic mass is 16.6. The molecule has 0 aromatic carbocycles. The third-order valence-electron chi connectivity index (χ3n) is 12.1. The van der Waals surface area contributed by atoms with Gasteiger partial charge in [-0.3, -0.25) is 4.79 Å². The van der Waals surface area contributed by atoms with Gasteiger partial charge in [0.1, 0.15) is 11.0 Å². The van der Waals surface area contributed by atoms with Gasteiger partial charge in [-0.25, -0.2) is 0 Å². The number of fused-ring (bicyclic) bond motifs is 4. The summed E-state index contributed by atoms with van der Waals surface area (Å²) in [5, 5.41) is 22.7. The predicted octanol–water partition coefficient (Wildman–Crippen LogP) is 6.05. The van der Waals surface area contributed by atoms with Crippen LogP contribution in [0.15, 0.2) is 11.6 Å². The van der Waals surface area contributed by atoms with Gasteiger partial charge in [-0.05, 0) is 92.3 Å². The number of carbonyl (C=O) groups excluding carboxylic acids is 1. The molecule has 5 rings (SSSR count). The lowest BCUT2D eigenvalue weighted by Crippen LogP contribution is -2.62. The molecule has 0 aromatic heterocycles. The van der Waals surface area contributed by atoms with Crippen molar-refractivity contribution in [1.29, 1.82) is 0 Å². The summed E-state index contributed by atoms with van der Waals surface area (Å²) in [5.74, 6) is 1.28. The molecule has 4 fully saturated rings. The molecule has 0 radical (unpaired) electrons. The summed E-state index contributed by atoms with van der Waals surface area (Å²) in [7, 11) is 0. The van der Waals surface area contributed by atoms with E-state index in [1.807, 2.05) is 0 Å². The number of aliphatic hydroxyl groups is 2. The lowest BCUT2D eigenvalue weighted by molar-refractivity contribution is -0.172. The molecule has 1 heterocycles. The van der Waals surface area contributed by atoms with Gasteiger partial charge in [-0.15, -0.1) is 0 Å². The van der Waals surface area contributed by atoms with Gasteiger partial charge < -0.3 is 14.9 Å². The normalized spacial score (nSPS) is 51.3. The first kappa shape index (κ1) is 24.8. The third-order valence-corrected chi connectivity index (χ3v) is 12.1. The smallest absolute Gasteiger partial charge is 0.316 e. The lowest BCUT2D eigenvalue weighted by Gasteiger charge is -2.63. The summed E-state index contributed by atoms with van der Waals surface area (Å²) < 4.78 is 6.29. The number of cyclic esters (lactones) is 1. The molecule has 4 heteroatoms. The van der Waals surface area contributed by atoms with Gasteiger partial charge in [0.15, 0.2) is 0 Å². The minimum atomic E-state index is -0.819. The zero-order valence-corrected chi connectivity index (χ0v) is 22.6. The highest BCUT2D eigenvalue weighted by Crippen LogP contribution is 2.75. The molecule has 1 aliphatic heterocycles. The van der Waals surface area contributed by atoms with Crippen molar-refractivity contribution in [1.82, 2.24) is 0 Å². The van der Waals surface area contributed by atoms with Crippen LogP contribution in [0.2, 0.25) is 0 Å². The van der Waals surface area contributed by atoms with E-state index in [2.05, 4.69) is 54.5 Å². The molecule has 4 nitrogen and oxygen atoms in total. The topological polar surface area (TPSA) is 66.8 Å². The molecule has 0 aromatic rings. The van der Waals surface area contributed by atoms with E-state index < -0.39 is 17.1 Å². The molecule has 5 aliphatic rings. The van der Waals surface area contributed by atoms with E-state index in [0.29, 0.717) is 17.8 Å². The maximum atomic E-state index is 13.9. The van der Waals surface area contributed by atoms with Crippen molar-refractivity contribution >= 4 is 5.97 Å². The van der Waals surface area contributed by atoms with Crippen LogP contribution in [0.1, 0.15) is 106 Å². The molecule has 3 saturated carbocycles. The van der Waals surface area contributed by atoms with E-state index in [0.717, 1.165) is 57.8 Å². The Morgan fingerprint density at radius 2 is 1.71 bits per heavy atom. The first-order valence-corrected chi connectivity index (χ1v) is 14.1. The van der Waals surface area contributed by atoms with Crippen LogP contribution < -0.4 is 0 Å². The molecular formula is C30H48O4. The highest BCUT2D eigenvalue weighted by molar-refractivity contribution is 5.84.